The number of carbonyl (C=O) groups excluding carboxylic acids is 1. The molecule has 1 saturated heterocycles. The monoisotopic (exact) mass is 460 g/mol. The molecule has 2 aromatic rings. The first-order chi connectivity index (χ1) is 16.7. The van der Waals surface area contributed by atoms with Crippen molar-refractivity contribution in [3.05, 3.63) is 77.8 Å². The Kier molecular flexibility index (Phi) is 6.91. The zero-order valence-electron chi connectivity index (χ0n) is 20.4. The molecule has 1 aromatic heterocycles. The van der Waals surface area contributed by atoms with Gasteiger partial charge in [0.1, 0.15) is 11.9 Å². The standard InChI is InChI=1S/C29H36N2O3/c1-3-31(4-2)29(32)23-11-12-25-27(18-23)34-26-10-6-5-9-24(26)28(25)22-8-7-15-30(16-13-22)19-21-14-17-33-20-21/h5-6,9-12,14,17-18,20,22,24,26,28H,3-4,7-8,13,15-16,19H2,1-2H3. The Bertz CT molecular complexity index is 1040. The quantitative estimate of drug-likeness (QED) is 0.559. The van der Waals surface area contributed by atoms with Gasteiger partial charge in [0, 0.05) is 42.6 Å². The van der Waals surface area contributed by atoms with Crippen LogP contribution in [0.5, 0.6) is 5.75 Å². The van der Waals surface area contributed by atoms with Gasteiger partial charge in [-0.15, -0.1) is 0 Å². The maximum atomic E-state index is 13.0. The Hall–Kier alpha value is -2.79. The minimum atomic E-state index is 0.0339. The lowest BCUT2D eigenvalue weighted by Gasteiger charge is -2.42. The average Bonchev–Trinajstić information content (AvgIpc) is 3.27. The molecule has 1 aromatic carbocycles. The molecular weight excluding hydrogens is 424 g/mol. The zero-order chi connectivity index (χ0) is 23.5. The van der Waals surface area contributed by atoms with Gasteiger partial charge in [-0.05, 0) is 82.0 Å². The summed E-state index contributed by atoms with van der Waals surface area (Å²) in [6, 6.07) is 8.25. The van der Waals surface area contributed by atoms with Crippen LogP contribution in [-0.2, 0) is 6.54 Å². The van der Waals surface area contributed by atoms with Crippen molar-refractivity contribution >= 4 is 5.91 Å². The number of hydrogen-bond donors (Lipinski definition) is 0. The van der Waals surface area contributed by atoms with Gasteiger partial charge in [-0.3, -0.25) is 9.69 Å². The van der Waals surface area contributed by atoms with Gasteiger partial charge in [-0.1, -0.05) is 24.3 Å². The van der Waals surface area contributed by atoms with Crippen LogP contribution in [0.4, 0.5) is 0 Å². The molecule has 5 rings (SSSR count). The number of furan rings is 1. The molecule has 3 aliphatic rings. The minimum Gasteiger partial charge on any atom is -0.485 e. The molecule has 0 saturated carbocycles. The van der Waals surface area contributed by atoms with Crippen LogP contribution in [0.3, 0.4) is 0 Å². The van der Waals surface area contributed by atoms with Gasteiger partial charge in [-0.2, -0.15) is 0 Å². The minimum absolute atomic E-state index is 0.0339. The fourth-order valence-electron chi connectivity index (χ4n) is 6.05. The Morgan fingerprint density at radius 3 is 2.74 bits per heavy atom. The third kappa shape index (κ3) is 4.58. The van der Waals surface area contributed by atoms with E-state index < -0.39 is 0 Å². The van der Waals surface area contributed by atoms with Crippen LogP contribution in [0.15, 0.2) is 65.5 Å². The Morgan fingerprint density at radius 1 is 1.09 bits per heavy atom. The predicted octanol–water partition coefficient (Wildman–Crippen LogP) is 5.65. The van der Waals surface area contributed by atoms with Crippen molar-refractivity contribution < 1.29 is 13.9 Å². The molecule has 1 amide bonds. The number of hydrogen-bond acceptors (Lipinski definition) is 4. The van der Waals surface area contributed by atoms with E-state index >= 15 is 0 Å². The molecule has 5 heteroatoms. The topological polar surface area (TPSA) is 45.9 Å². The van der Waals surface area contributed by atoms with Crippen LogP contribution >= 0.6 is 0 Å². The highest BCUT2D eigenvalue weighted by atomic mass is 16.5. The summed E-state index contributed by atoms with van der Waals surface area (Å²) in [5, 5.41) is 0. The number of amides is 1. The lowest BCUT2D eigenvalue weighted by atomic mass is 9.69. The normalized spacial score (nSPS) is 26.3. The second-order valence-electron chi connectivity index (χ2n) is 9.78. The highest BCUT2D eigenvalue weighted by Crippen LogP contribution is 2.49. The summed E-state index contributed by atoms with van der Waals surface area (Å²) in [6.07, 6.45) is 16.0. The van der Waals surface area contributed by atoms with Crippen molar-refractivity contribution in [1.82, 2.24) is 9.80 Å². The van der Waals surface area contributed by atoms with Crippen molar-refractivity contribution in [2.45, 2.75) is 51.7 Å². The lowest BCUT2D eigenvalue weighted by molar-refractivity contribution is 0.0770. The van der Waals surface area contributed by atoms with E-state index in [9.17, 15) is 4.79 Å². The molecule has 0 spiro atoms. The molecule has 0 radical (unpaired) electrons. The molecule has 2 aliphatic heterocycles. The largest absolute Gasteiger partial charge is 0.485 e. The highest BCUT2D eigenvalue weighted by Gasteiger charge is 2.41. The fraction of sp³-hybridized carbons (Fsp3) is 0.483. The predicted molar refractivity (Wildman–Crippen MR) is 134 cm³/mol. The number of nitrogens with zero attached hydrogens (tertiary/aromatic N) is 2. The third-order valence-electron chi connectivity index (χ3n) is 7.83. The van der Waals surface area contributed by atoms with Crippen LogP contribution in [0.1, 0.15) is 60.5 Å². The van der Waals surface area contributed by atoms with Crippen LogP contribution in [0.25, 0.3) is 0 Å². The van der Waals surface area contributed by atoms with Crippen molar-refractivity contribution in [2.75, 3.05) is 26.2 Å². The summed E-state index contributed by atoms with van der Waals surface area (Å²) < 4.78 is 11.8. The highest BCUT2D eigenvalue weighted by molar-refractivity contribution is 5.94. The molecule has 3 heterocycles. The SMILES string of the molecule is CCN(CC)C(=O)c1ccc2c(c1)OC1C=CC=CC1C2C1CCCN(Cc2ccoc2)CC1. The molecule has 5 nitrogen and oxygen atoms in total. The maximum absolute atomic E-state index is 13.0. The van der Waals surface area contributed by atoms with Crippen molar-refractivity contribution in [3.8, 4) is 5.75 Å². The lowest BCUT2D eigenvalue weighted by Crippen LogP contribution is -2.38. The zero-order valence-corrected chi connectivity index (χ0v) is 20.4. The van der Waals surface area contributed by atoms with Crippen LogP contribution in [-0.4, -0.2) is 48.0 Å². The molecule has 0 N–H and O–H groups in total. The van der Waals surface area contributed by atoms with Gasteiger partial charge >= 0.3 is 0 Å². The van der Waals surface area contributed by atoms with E-state index in [0.717, 1.165) is 30.9 Å². The first kappa shape index (κ1) is 23.0. The summed E-state index contributed by atoms with van der Waals surface area (Å²) in [4.78, 5) is 17.4. The number of carbonyl (C=O) groups is 1. The molecule has 0 bridgehead atoms. The summed E-state index contributed by atoms with van der Waals surface area (Å²) in [7, 11) is 0. The third-order valence-corrected chi connectivity index (χ3v) is 7.83. The van der Waals surface area contributed by atoms with Crippen LogP contribution in [0.2, 0.25) is 0 Å². The van der Waals surface area contributed by atoms with Gasteiger partial charge < -0.3 is 14.1 Å². The second-order valence-corrected chi connectivity index (χ2v) is 9.78. The molecule has 34 heavy (non-hydrogen) atoms. The van der Waals surface area contributed by atoms with Crippen molar-refractivity contribution in [1.29, 1.82) is 0 Å². The molecular formula is C29H36N2O3. The number of ether oxygens (including phenoxy) is 1. The molecule has 180 valence electrons. The van der Waals surface area contributed by atoms with E-state index in [1.54, 1.807) is 6.26 Å². The summed E-state index contributed by atoms with van der Waals surface area (Å²) in [6.45, 7) is 8.66. The Balaban J connectivity index is 1.40. The van der Waals surface area contributed by atoms with Gasteiger partial charge in [0.2, 0.25) is 0 Å². The summed E-state index contributed by atoms with van der Waals surface area (Å²) in [5.74, 6) is 2.31. The van der Waals surface area contributed by atoms with Gasteiger partial charge in [0.25, 0.3) is 5.91 Å². The maximum Gasteiger partial charge on any atom is 0.253 e. The van der Waals surface area contributed by atoms with E-state index in [1.165, 1.54) is 30.4 Å². The fourth-order valence-corrected chi connectivity index (χ4v) is 6.05. The summed E-state index contributed by atoms with van der Waals surface area (Å²) in [5.41, 5.74) is 3.24. The summed E-state index contributed by atoms with van der Waals surface area (Å²) >= 11 is 0. The van der Waals surface area contributed by atoms with E-state index in [4.69, 9.17) is 9.15 Å². The number of likely N-dealkylation sites (tertiary alicyclic amines) is 1. The van der Waals surface area contributed by atoms with Crippen molar-refractivity contribution in [2.24, 2.45) is 11.8 Å². The van der Waals surface area contributed by atoms with E-state index in [1.807, 2.05) is 37.1 Å². The second kappa shape index (κ2) is 10.2. The molecule has 1 aliphatic carbocycles. The van der Waals surface area contributed by atoms with Crippen LogP contribution in [0, 0.1) is 11.8 Å². The molecule has 1 fully saturated rings. The first-order valence-electron chi connectivity index (χ1n) is 12.9. The van der Waals surface area contributed by atoms with Gasteiger partial charge in [-0.25, -0.2) is 0 Å². The molecule has 4 atom stereocenters. The first-order valence-corrected chi connectivity index (χ1v) is 12.9. The van der Waals surface area contributed by atoms with E-state index in [2.05, 4.69) is 41.3 Å². The van der Waals surface area contributed by atoms with Gasteiger partial charge in [0.05, 0.1) is 12.5 Å². The number of rotatable bonds is 6. The number of fused-ring (bicyclic) bond motifs is 2. The smallest absolute Gasteiger partial charge is 0.253 e. The average molecular weight is 461 g/mol. The number of allylic oxidation sites excluding steroid dienone is 2. The van der Waals surface area contributed by atoms with E-state index in [-0.39, 0.29) is 12.0 Å². The van der Waals surface area contributed by atoms with Gasteiger partial charge in [0.15, 0.2) is 0 Å². The Labute approximate surface area is 203 Å². The number of benzene rings is 1. The van der Waals surface area contributed by atoms with Crippen LogP contribution < -0.4 is 4.74 Å². The van der Waals surface area contributed by atoms with E-state index in [0.29, 0.717) is 30.8 Å². The molecule has 4 unspecified atom stereocenters. The van der Waals surface area contributed by atoms with Crippen molar-refractivity contribution in [3.63, 3.8) is 0 Å². The Morgan fingerprint density at radius 2 is 1.94 bits per heavy atom.